The molecule has 9 heteroatoms. The first kappa shape index (κ1) is 27.8. The van der Waals surface area contributed by atoms with Crippen LogP contribution in [0.5, 0.6) is 5.75 Å². The average molecular weight is 540 g/mol. The van der Waals surface area contributed by atoms with Gasteiger partial charge in [-0.25, -0.2) is 17.6 Å². The molecule has 0 aromatic heterocycles. The molecule has 0 fully saturated rings. The molecule has 0 bridgehead atoms. The van der Waals surface area contributed by atoms with Gasteiger partial charge >= 0.3 is 0 Å². The van der Waals surface area contributed by atoms with Crippen LogP contribution >= 0.6 is 0 Å². The molecule has 1 N–H and O–H groups in total. The van der Waals surface area contributed by atoms with Gasteiger partial charge in [-0.1, -0.05) is 25.3 Å². The number of aryl methyl sites for hydroxylation is 1. The first-order chi connectivity index (χ1) is 18.5. The van der Waals surface area contributed by atoms with Crippen molar-refractivity contribution in [2.75, 3.05) is 18.6 Å². The molecule has 3 aromatic rings. The monoisotopic (exact) mass is 539 g/mol. The van der Waals surface area contributed by atoms with Crippen molar-refractivity contribution in [3.63, 3.8) is 0 Å². The number of benzene rings is 3. The maximum atomic E-state index is 15.2. The molecule has 204 valence electrons. The van der Waals surface area contributed by atoms with Gasteiger partial charge in [0.1, 0.15) is 41.4 Å². The van der Waals surface area contributed by atoms with E-state index in [2.05, 4.69) is 18.5 Å². The number of halogens is 4. The van der Waals surface area contributed by atoms with Crippen LogP contribution in [0.1, 0.15) is 45.6 Å². The summed E-state index contributed by atoms with van der Waals surface area (Å²) in [6.45, 7) is 11.5. The maximum absolute atomic E-state index is 15.2. The summed E-state index contributed by atoms with van der Waals surface area (Å²) in [6.07, 6.45) is 1.58. The Kier molecular flexibility index (Phi) is 7.99. The topological polar surface area (TPSA) is 44.8 Å². The van der Waals surface area contributed by atoms with Gasteiger partial charge in [0.05, 0.1) is 12.6 Å². The second kappa shape index (κ2) is 11.2. The summed E-state index contributed by atoms with van der Waals surface area (Å²) >= 11 is 0. The number of hydrogen-bond acceptors (Lipinski definition) is 4. The van der Waals surface area contributed by atoms with Crippen molar-refractivity contribution < 1.29 is 27.1 Å². The Morgan fingerprint density at radius 3 is 2.36 bits per heavy atom. The average Bonchev–Trinajstić information content (AvgIpc) is 2.88. The highest BCUT2D eigenvalue weighted by Gasteiger charge is 2.31. The van der Waals surface area contributed by atoms with Crippen LogP contribution in [0.3, 0.4) is 0 Å². The van der Waals surface area contributed by atoms with Crippen molar-refractivity contribution in [3.05, 3.63) is 119 Å². The number of carbonyl (C=O) groups is 1. The third-order valence-electron chi connectivity index (χ3n) is 6.94. The fraction of sp³-hybridized carbons (Fsp3) is 0.233. The predicted octanol–water partition coefficient (Wildman–Crippen LogP) is 6.53. The zero-order valence-electron chi connectivity index (χ0n) is 22.0. The Balaban J connectivity index is 1.64. The van der Waals surface area contributed by atoms with Gasteiger partial charge in [0, 0.05) is 54.2 Å². The minimum absolute atomic E-state index is 0.0797. The number of anilines is 1. The highest BCUT2D eigenvalue weighted by molar-refractivity contribution is 5.95. The molecular weight excluding hydrogens is 510 g/mol. The quantitative estimate of drug-likeness (QED) is 0.261. The summed E-state index contributed by atoms with van der Waals surface area (Å²) in [7, 11) is 1.88. The van der Waals surface area contributed by atoms with Crippen molar-refractivity contribution in [2.24, 2.45) is 0 Å². The van der Waals surface area contributed by atoms with Crippen LogP contribution in [-0.2, 0) is 13.1 Å². The molecule has 0 aliphatic carbocycles. The maximum Gasteiger partial charge on any atom is 0.251 e. The third kappa shape index (κ3) is 5.62. The second-order valence-electron chi connectivity index (χ2n) is 9.39. The number of ether oxygens (including phenoxy) is 1. The van der Waals surface area contributed by atoms with E-state index in [1.165, 1.54) is 6.07 Å². The van der Waals surface area contributed by atoms with E-state index >= 15 is 4.39 Å². The van der Waals surface area contributed by atoms with Crippen LogP contribution in [0.4, 0.5) is 23.2 Å². The van der Waals surface area contributed by atoms with E-state index in [9.17, 15) is 18.0 Å². The van der Waals surface area contributed by atoms with Gasteiger partial charge in [0.15, 0.2) is 0 Å². The number of amides is 1. The van der Waals surface area contributed by atoms with Crippen molar-refractivity contribution in [1.82, 2.24) is 10.2 Å². The van der Waals surface area contributed by atoms with E-state index in [1.807, 2.05) is 23.8 Å². The Labute approximate surface area is 225 Å². The van der Waals surface area contributed by atoms with Gasteiger partial charge in [0.2, 0.25) is 0 Å². The molecule has 0 saturated heterocycles. The lowest BCUT2D eigenvalue weighted by Gasteiger charge is -2.43. The zero-order chi connectivity index (χ0) is 28.4. The van der Waals surface area contributed by atoms with Crippen LogP contribution in [-0.4, -0.2) is 24.5 Å². The number of hydrogen-bond donors (Lipinski definition) is 1. The van der Waals surface area contributed by atoms with Gasteiger partial charge in [-0.05, 0) is 43.2 Å². The van der Waals surface area contributed by atoms with Crippen LogP contribution < -0.4 is 15.0 Å². The molecule has 0 saturated carbocycles. The summed E-state index contributed by atoms with van der Waals surface area (Å²) in [5.74, 6) is -3.24. The molecule has 1 amide bonds. The SMILES string of the molecule is C=CCOc1cc(C)c(CN2C(=C)N(C)[C@@H](C)c3ccc(C(=O)NCc4c(F)cc(F)cc4F)cc32)c(F)c1. The van der Waals surface area contributed by atoms with Crippen molar-refractivity contribution in [2.45, 2.75) is 33.0 Å². The molecule has 1 aliphatic heterocycles. The van der Waals surface area contributed by atoms with E-state index in [0.717, 1.165) is 5.56 Å². The van der Waals surface area contributed by atoms with Gasteiger partial charge in [0.25, 0.3) is 5.91 Å². The van der Waals surface area contributed by atoms with E-state index in [-0.39, 0.29) is 24.8 Å². The van der Waals surface area contributed by atoms with Crippen molar-refractivity contribution in [1.29, 1.82) is 0 Å². The highest BCUT2D eigenvalue weighted by Crippen LogP contribution is 2.41. The first-order valence-electron chi connectivity index (χ1n) is 12.3. The predicted molar refractivity (Wildman–Crippen MR) is 142 cm³/mol. The Bertz CT molecular complexity index is 1410. The molecule has 5 nitrogen and oxygen atoms in total. The summed E-state index contributed by atoms with van der Waals surface area (Å²) in [6, 6.07) is 9.16. The molecule has 1 aliphatic rings. The number of nitrogens with one attached hydrogen (secondary N) is 1. The number of carbonyl (C=O) groups excluding carboxylic acids is 1. The summed E-state index contributed by atoms with van der Waals surface area (Å²) in [4.78, 5) is 16.7. The largest absolute Gasteiger partial charge is 0.489 e. The molecular formula is C30H29F4N3O2. The standard InChI is InChI=1S/C30H29F4N3O2/c1-6-9-39-22-10-17(2)25(28(34)14-22)16-37-19(4)36(5)18(3)23-8-7-20(11-29(23)37)30(38)35-15-24-26(32)12-21(31)13-27(24)33/h6-8,10-14,18H,1,4,9,15-16H2,2-3,5H3,(H,35,38)/t18-/m0/s1. The molecule has 1 heterocycles. The van der Waals surface area contributed by atoms with Crippen LogP contribution in [0.2, 0.25) is 0 Å². The van der Waals surface area contributed by atoms with Crippen LogP contribution in [0.25, 0.3) is 0 Å². The molecule has 3 aromatic carbocycles. The van der Waals surface area contributed by atoms with Crippen LogP contribution in [0, 0.1) is 30.2 Å². The molecule has 39 heavy (non-hydrogen) atoms. The smallest absolute Gasteiger partial charge is 0.251 e. The van der Waals surface area contributed by atoms with Crippen molar-refractivity contribution >= 4 is 11.6 Å². The van der Waals surface area contributed by atoms with E-state index in [1.54, 1.807) is 37.3 Å². The van der Waals surface area contributed by atoms with Crippen molar-refractivity contribution in [3.8, 4) is 5.75 Å². The van der Waals surface area contributed by atoms with E-state index in [4.69, 9.17) is 4.74 Å². The second-order valence-corrected chi connectivity index (χ2v) is 9.39. The Morgan fingerprint density at radius 2 is 1.72 bits per heavy atom. The Hall–Kier alpha value is -4.27. The molecule has 0 radical (unpaired) electrons. The number of nitrogens with zero attached hydrogens (tertiary/aromatic N) is 2. The highest BCUT2D eigenvalue weighted by atomic mass is 19.1. The lowest BCUT2D eigenvalue weighted by atomic mass is 9.97. The van der Waals surface area contributed by atoms with Gasteiger partial charge in [-0.3, -0.25) is 4.79 Å². The van der Waals surface area contributed by atoms with Gasteiger partial charge < -0.3 is 19.9 Å². The normalized spacial score (nSPS) is 14.7. The van der Waals surface area contributed by atoms with E-state index in [0.29, 0.717) is 40.5 Å². The third-order valence-corrected chi connectivity index (χ3v) is 6.94. The number of rotatable bonds is 8. The summed E-state index contributed by atoms with van der Waals surface area (Å²) < 4.78 is 62.0. The fourth-order valence-electron chi connectivity index (χ4n) is 4.56. The lowest BCUT2D eigenvalue weighted by Crippen LogP contribution is -2.39. The van der Waals surface area contributed by atoms with Gasteiger partial charge in [-0.15, -0.1) is 0 Å². The van der Waals surface area contributed by atoms with Crippen LogP contribution in [0.15, 0.2) is 67.5 Å². The molecule has 0 unspecified atom stereocenters. The summed E-state index contributed by atoms with van der Waals surface area (Å²) in [5.41, 5.74) is 2.45. The molecule has 0 spiro atoms. The minimum atomic E-state index is -1.09. The van der Waals surface area contributed by atoms with Gasteiger partial charge in [-0.2, -0.15) is 0 Å². The lowest BCUT2D eigenvalue weighted by molar-refractivity contribution is 0.0950. The molecule has 4 rings (SSSR count). The minimum Gasteiger partial charge on any atom is -0.489 e. The molecule has 1 atom stereocenters. The Morgan fingerprint density at radius 1 is 1.05 bits per heavy atom. The van der Waals surface area contributed by atoms with E-state index < -0.39 is 41.3 Å². The first-order valence-corrected chi connectivity index (χ1v) is 12.3. The zero-order valence-corrected chi connectivity index (χ0v) is 22.0. The summed E-state index contributed by atoms with van der Waals surface area (Å²) in [5, 5.41) is 2.49. The number of fused-ring (bicyclic) bond motifs is 1. The fourth-order valence-corrected chi connectivity index (χ4v) is 4.56.